The molecule has 0 saturated carbocycles. The van der Waals surface area contributed by atoms with E-state index in [2.05, 4.69) is 44.8 Å². The molecule has 0 spiro atoms. The number of aryl methyl sites for hydroxylation is 1. The lowest BCUT2D eigenvalue weighted by Gasteiger charge is -2.34. The van der Waals surface area contributed by atoms with Gasteiger partial charge in [-0.05, 0) is 19.4 Å². The highest BCUT2D eigenvalue weighted by molar-refractivity contribution is 14.0. The van der Waals surface area contributed by atoms with E-state index in [4.69, 9.17) is 4.74 Å². The summed E-state index contributed by atoms with van der Waals surface area (Å²) >= 11 is 0. The van der Waals surface area contributed by atoms with Crippen LogP contribution in [0.1, 0.15) is 30.5 Å². The maximum Gasteiger partial charge on any atom is 0.390 e. The summed E-state index contributed by atoms with van der Waals surface area (Å²) in [6.07, 6.45) is -5.06. The number of morpholine rings is 1. The average molecular weight is 514 g/mol. The summed E-state index contributed by atoms with van der Waals surface area (Å²) in [5.41, 5.74) is 2.34. The van der Waals surface area contributed by atoms with E-state index < -0.39 is 12.6 Å². The van der Waals surface area contributed by atoms with E-state index in [1.807, 2.05) is 13.8 Å². The summed E-state index contributed by atoms with van der Waals surface area (Å²) in [6.45, 7) is 7.77. The third-order valence-electron chi connectivity index (χ3n) is 4.42. The number of hydrogen-bond donors (Lipinski definition) is 2. The van der Waals surface area contributed by atoms with Crippen molar-refractivity contribution < 1.29 is 17.9 Å². The van der Waals surface area contributed by atoms with Gasteiger partial charge in [-0.3, -0.25) is 9.89 Å². The number of ether oxygens (including phenoxy) is 1. The Labute approximate surface area is 182 Å². The molecule has 1 aliphatic heterocycles. The summed E-state index contributed by atoms with van der Waals surface area (Å²) in [7, 11) is 0. The topological polar surface area (TPSA) is 48.9 Å². The van der Waals surface area contributed by atoms with Crippen molar-refractivity contribution in [2.24, 2.45) is 4.99 Å². The molecular formula is C19H30F3IN4O. The van der Waals surface area contributed by atoms with Crippen molar-refractivity contribution >= 4 is 29.9 Å². The first-order chi connectivity index (χ1) is 12.9. The molecule has 1 heterocycles. The van der Waals surface area contributed by atoms with Crippen LogP contribution in [-0.2, 0) is 4.74 Å². The van der Waals surface area contributed by atoms with Gasteiger partial charge in [0.15, 0.2) is 5.96 Å². The fourth-order valence-corrected chi connectivity index (χ4v) is 2.95. The Morgan fingerprint density at radius 1 is 1.18 bits per heavy atom. The fraction of sp³-hybridized carbons (Fsp3) is 0.632. The van der Waals surface area contributed by atoms with Crippen LogP contribution in [0.4, 0.5) is 13.2 Å². The quantitative estimate of drug-likeness (QED) is 0.333. The Morgan fingerprint density at radius 2 is 1.82 bits per heavy atom. The standard InChI is InChI=1S/C19H29F3N4O.HI/c1-3-23-18(24-9-8-19(20,21)22)25-14-17(26-10-12-27-13-11-26)16-6-4-15(2)5-7-16;/h4-7,17H,3,8-14H2,1-2H3,(H2,23,24,25);1H. The Kier molecular flexibility index (Phi) is 11.1. The van der Waals surface area contributed by atoms with Crippen molar-refractivity contribution in [3.8, 4) is 0 Å². The van der Waals surface area contributed by atoms with Gasteiger partial charge in [-0.25, -0.2) is 0 Å². The van der Waals surface area contributed by atoms with Crippen molar-refractivity contribution in [2.45, 2.75) is 32.5 Å². The molecular weight excluding hydrogens is 484 g/mol. The highest BCUT2D eigenvalue weighted by Crippen LogP contribution is 2.23. The van der Waals surface area contributed by atoms with Gasteiger partial charge in [-0.1, -0.05) is 29.8 Å². The van der Waals surface area contributed by atoms with Crippen LogP contribution < -0.4 is 10.6 Å². The molecule has 160 valence electrons. The third-order valence-corrected chi connectivity index (χ3v) is 4.42. The van der Waals surface area contributed by atoms with Gasteiger partial charge in [0.2, 0.25) is 0 Å². The van der Waals surface area contributed by atoms with E-state index in [1.54, 1.807) is 0 Å². The van der Waals surface area contributed by atoms with Gasteiger partial charge in [-0.15, -0.1) is 24.0 Å². The van der Waals surface area contributed by atoms with Crippen molar-refractivity contribution in [3.05, 3.63) is 35.4 Å². The summed E-state index contributed by atoms with van der Waals surface area (Å²) in [6, 6.07) is 8.38. The highest BCUT2D eigenvalue weighted by atomic mass is 127. The summed E-state index contributed by atoms with van der Waals surface area (Å²) < 4.78 is 42.6. The maximum absolute atomic E-state index is 12.4. The van der Waals surface area contributed by atoms with Crippen LogP contribution in [0.5, 0.6) is 0 Å². The zero-order valence-corrected chi connectivity index (χ0v) is 18.7. The molecule has 9 heteroatoms. The second kappa shape index (κ2) is 12.5. The minimum atomic E-state index is -4.18. The first-order valence-electron chi connectivity index (χ1n) is 9.36. The van der Waals surface area contributed by atoms with E-state index >= 15 is 0 Å². The molecule has 2 rings (SSSR count). The van der Waals surface area contributed by atoms with Crippen molar-refractivity contribution in [1.29, 1.82) is 0 Å². The summed E-state index contributed by atoms with van der Waals surface area (Å²) in [5, 5.41) is 5.79. The van der Waals surface area contributed by atoms with Crippen LogP contribution in [0.25, 0.3) is 0 Å². The largest absolute Gasteiger partial charge is 0.390 e. The lowest BCUT2D eigenvalue weighted by molar-refractivity contribution is -0.132. The fourth-order valence-electron chi connectivity index (χ4n) is 2.95. The summed E-state index contributed by atoms with van der Waals surface area (Å²) in [4.78, 5) is 6.87. The second-order valence-corrected chi connectivity index (χ2v) is 6.59. The Morgan fingerprint density at radius 3 is 2.39 bits per heavy atom. The Bertz CT molecular complexity index is 590. The van der Waals surface area contributed by atoms with Crippen molar-refractivity contribution in [1.82, 2.24) is 15.5 Å². The predicted octanol–water partition coefficient (Wildman–Crippen LogP) is 3.49. The van der Waals surface area contributed by atoms with Crippen LogP contribution in [0, 0.1) is 6.92 Å². The molecule has 5 nitrogen and oxygen atoms in total. The SMILES string of the molecule is CCNC(=NCC(c1ccc(C)cc1)N1CCOCC1)NCCC(F)(F)F.I. The number of rotatable bonds is 7. The van der Waals surface area contributed by atoms with E-state index in [-0.39, 0.29) is 36.6 Å². The van der Waals surface area contributed by atoms with E-state index in [1.165, 1.54) is 5.56 Å². The van der Waals surface area contributed by atoms with Crippen molar-refractivity contribution in [3.63, 3.8) is 0 Å². The zero-order chi connectivity index (χ0) is 19.7. The second-order valence-electron chi connectivity index (χ2n) is 6.59. The molecule has 1 aliphatic rings. The molecule has 2 N–H and O–H groups in total. The predicted molar refractivity (Wildman–Crippen MR) is 116 cm³/mol. The Balaban J connectivity index is 0.00000392. The maximum atomic E-state index is 12.4. The third kappa shape index (κ3) is 8.95. The van der Waals surface area contributed by atoms with Gasteiger partial charge in [0.1, 0.15) is 0 Å². The minimum Gasteiger partial charge on any atom is -0.379 e. The molecule has 1 atom stereocenters. The Hall–Kier alpha value is -1.07. The first kappa shape index (κ1) is 25.0. The van der Waals surface area contributed by atoms with Gasteiger partial charge >= 0.3 is 6.18 Å². The highest BCUT2D eigenvalue weighted by Gasteiger charge is 2.26. The van der Waals surface area contributed by atoms with Gasteiger partial charge in [0.25, 0.3) is 0 Å². The van der Waals surface area contributed by atoms with Crippen molar-refractivity contribution in [2.75, 3.05) is 45.9 Å². The number of halogens is 4. The molecule has 1 unspecified atom stereocenters. The number of nitrogens with one attached hydrogen (secondary N) is 2. The molecule has 0 amide bonds. The molecule has 0 aromatic heterocycles. The zero-order valence-electron chi connectivity index (χ0n) is 16.4. The number of alkyl halides is 3. The lowest BCUT2D eigenvalue weighted by atomic mass is 10.0. The van der Waals surface area contributed by atoms with Crippen LogP contribution >= 0.6 is 24.0 Å². The number of aliphatic imine (C=N–C) groups is 1. The number of nitrogens with zero attached hydrogens (tertiary/aromatic N) is 2. The molecule has 1 saturated heterocycles. The van der Waals surface area contributed by atoms with Crippen LogP contribution in [0.3, 0.4) is 0 Å². The molecule has 0 radical (unpaired) electrons. The van der Waals surface area contributed by atoms with E-state index in [9.17, 15) is 13.2 Å². The number of guanidine groups is 1. The minimum absolute atomic E-state index is 0. The molecule has 1 fully saturated rings. The molecule has 28 heavy (non-hydrogen) atoms. The van der Waals surface area contributed by atoms with Crippen LogP contribution in [0.15, 0.2) is 29.3 Å². The molecule has 1 aromatic rings. The van der Waals surface area contributed by atoms with Gasteiger partial charge < -0.3 is 15.4 Å². The first-order valence-corrected chi connectivity index (χ1v) is 9.36. The smallest absolute Gasteiger partial charge is 0.379 e. The van der Waals surface area contributed by atoms with Gasteiger partial charge in [0.05, 0.1) is 32.2 Å². The van der Waals surface area contributed by atoms with Crippen LogP contribution in [-0.4, -0.2) is 63.0 Å². The normalized spacial score (nSPS) is 17.0. The number of benzene rings is 1. The monoisotopic (exact) mass is 514 g/mol. The average Bonchev–Trinajstić information content (AvgIpc) is 2.63. The number of hydrogen-bond acceptors (Lipinski definition) is 3. The van der Waals surface area contributed by atoms with Crippen LogP contribution in [0.2, 0.25) is 0 Å². The van der Waals surface area contributed by atoms with Gasteiger partial charge in [-0.2, -0.15) is 13.2 Å². The van der Waals surface area contributed by atoms with E-state index in [0.717, 1.165) is 18.7 Å². The molecule has 0 aliphatic carbocycles. The lowest BCUT2D eigenvalue weighted by Crippen LogP contribution is -2.42. The van der Waals surface area contributed by atoms with E-state index in [0.29, 0.717) is 32.3 Å². The molecule has 1 aromatic carbocycles. The molecule has 0 bridgehead atoms. The summed E-state index contributed by atoms with van der Waals surface area (Å²) in [5.74, 6) is 0.409. The van der Waals surface area contributed by atoms with Gasteiger partial charge in [0, 0.05) is 26.2 Å².